The summed E-state index contributed by atoms with van der Waals surface area (Å²) in [7, 11) is 1.63. The molecule has 2 fully saturated rings. The molecule has 4 heterocycles. The van der Waals surface area contributed by atoms with Crippen molar-refractivity contribution in [3.05, 3.63) is 58.1 Å². The van der Waals surface area contributed by atoms with Crippen molar-refractivity contribution in [2.24, 2.45) is 5.92 Å². The third kappa shape index (κ3) is 7.17. The van der Waals surface area contributed by atoms with Crippen molar-refractivity contribution < 1.29 is 37.3 Å². The Hall–Kier alpha value is -4.50. The maximum atomic E-state index is 12.8. The van der Waals surface area contributed by atoms with Crippen LogP contribution in [0.3, 0.4) is 0 Å². The lowest BCUT2D eigenvalue weighted by Crippen LogP contribution is -2.21. The maximum absolute atomic E-state index is 12.8. The van der Waals surface area contributed by atoms with E-state index in [9.17, 15) is 22.8 Å². The van der Waals surface area contributed by atoms with Crippen molar-refractivity contribution >= 4 is 51.3 Å². The number of aromatic nitrogens is 3. The predicted molar refractivity (Wildman–Crippen MR) is 158 cm³/mol. The number of amides is 1. The summed E-state index contributed by atoms with van der Waals surface area (Å²) in [4.78, 5) is 47.0. The average Bonchev–Trinajstić information content (AvgIpc) is 3.74. The van der Waals surface area contributed by atoms with Gasteiger partial charge in [0.1, 0.15) is 5.82 Å². The first-order valence-corrected chi connectivity index (χ1v) is 14.5. The number of carboxylic acid groups (broad SMARTS) is 1. The molecular formula is C29H28F3N5O6S. The molecule has 4 N–H and O–H groups in total. The summed E-state index contributed by atoms with van der Waals surface area (Å²) >= 11 is 1.67. The molecule has 0 spiro atoms. The second-order valence-corrected chi connectivity index (χ2v) is 11.2. The summed E-state index contributed by atoms with van der Waals surface area (Å²) in [6, 6.07) is 9.26. The van der Waals surface area contributed by atoms with Crippen LogP contribution in [0.25, 0.3) is 21.3 Å². The highest BCUT2D eigenvalue weighted by molar-refractivity contribution is 7.15. The number of carbonyl (C=O) groups excluding carboxylic acids is 1. The molecule has 0 bridgehead atoms. The molecule has 4 aromatic rings. The Bertz CT molecular complexity index is 1730. The van der Waals surface area contributed by atoms with Gasteiger partial charge in [0.15, 0.2) is 5.75 Å². The molecule has 0 radical (unpaired) electrons. The summed E-state index contributed by atoms with van der Waals surface area (Å²) in [5, 5.41) is 14.9. The number of hydrogen-bond donors (Lipinski definition) is 4. The van der Waals surface area contributed by atoms with Crippen molar-refractivity contribution in [2.45, 2.75) is 37.8 Å². The normalized spacial score (nSPS) is 15.3. The van der Waals surface area contributed by atoms with Crippen LogP contribution in [0.15, 0.2) is 47.5 Å². The van der Waals surface area contributed by atoms with Gasteiger partial charge >= 0.3 is 12.1 Å². The molecule has 44 heavy (non-hydrogen) atoms. The van der Waals surface area contributed by atoms with Crippen molar-refractivity contribution in [2.75, 3.05) is 31.0 Å². The lowest BCUT2D eigenvalue weighted by atomic mass is 10.0. The van der Waals surface area contributed by atoms with Crippen LogP contribution in [0.2, 0.25) is 0 Å². The van der Waals surface area contributed by atoms with Crippen LogP contribution in [-0.4, -0.2) is 58.4 Å². The standard InChI is InChI=1S/C27H27N5O4S.C2HF3O2/c1-35-24-17(21-14-29-27(37-21)16-8-11-36-12-9-16)3-2-4-19(24)30-20-13-22(32-25(33)15-5-6-15)31-18-7-10-28-26(34)23(18)20;3-2(4,5)1(6)7/h2-4,7,10,13-16H,5-6,8-9,11-12H2,1H3,(H,28,34)(H2,30,31,32,33);(H,6,7). The summed E-state index contributed by atoms with van der Waals surface area (Å²) in [6.45, 7) is 1.54. The number of ether oxygens (including phenoxy) is 2. The van der Waals surface area contributed by atoms with Crippen molar-refractivity contribution in [1.29, 1.82) is 0 Å². The number of H-pyrrole nitrogens is 1. The molecule has 0 unspecified atom stereocenters. The van der Waals surface area contributed by atoms with Crippen LogP contribution in [0, 0.1) is 5.92 Å². The molecule has 3 aromatic heterocycles. The predicted octanol–water partition coefficient (Wildman–Crippen LogP) is 5.67. The Morgan fingerprint density at radius 3 is 2.52 bits per heavy atom. The summed E-state index contributed by atoms with van der Waals surface area (Å²) in [6.07, 6.45) is 2.11. The van der Waals surface area contributed by atoms with E-state index in [0.717, 1.165) is 54.3 Å². The largest absolute Gasteiger partial charge is 0.494 e. The SMILES string of the molecule is COc1c(Nc2cc(NC(=O)C3CC3)nc3cc[nH]c(=O)c23)cccc1-c1cnc(C2CCOCC2)s1.O=C(O)C(F)(F)F. The molecule has 1 aliphatic carbocycles. The number of aliphatic carboxylic acids is 1. The number of rotatable bonds is 7. The second-order valence-electron chi connectivity index (χ2n) is 10.1. The second kappa shape index (κ2) is 13.0. The van der Waals surface area contributed by atoms with Crippen molar-refractivity contribution in [1.82, 2.24) is 15.0 Å². The van der Waals surface area contributed by atoms with Gasteiger partial charge in [-0.3, -0.25) is 9.59 Å². The van der Waals surface area contributed by atoms with Gasteiger partial charge in [-0.1, -0.05) is 6.07 Å². The zero-order valence-corrected chi connectivity index (χ0v) is 24.2. The van der Waals surface area contributed by atoms with Gasteiger partial charge in [0.2, 0.25) is 5.91 Å². The number of halogens is 3. The highest BCUT2D eigenvalue weighted by atomic mass is 32.1. The van der Waals surface area contributed by atoms with Crippen LogP contribution in [0.5, 0.6) is 5.75 Å². The Balaban J connectivity index is 0.000000493. The molecule has 15 heteroatoms. The third-order valence-electron chi connectivity index (χ3n) is 7.02. The minimum Gasteiger partial charge on any atom is -0.494 e. The van der Waals surface area contributed by atoms with Crippen molar-refractivity contribution in [3.63, 3.8) is 0 Å². The topological polar surface area (TPSA) is 156 Å². The van der Waals surface area contributed by atoms with Crippen LogP contribution < -0.4 is 20.9 Å². The molecule has 1 aliphatic heterocycles. The smallest absolute Gasteiger partial charge is 0.490 e. The number of carboxylic acids is 1. The summed E-state index contributed by atoms with van der Waals surface area (Å²) < 4.78 is 43.1. The number of methoxy groups -OCH3 is 1. The van der Waals surface area contributed by atoms with Crippen LogP contribution in [0.4, 0.5) is 30.4 Å². The Labute approximate surface area is 252 Å². The maximum Gasteiger partial charge on any atom is 0.490 e. The van der Waals surface area contributed by atoms with Gasteiger partial charge < -0.3 is 30.2 Å². The number of fused-ring (bicyclic) bond motifs is 1. The Kier molecular flexibility index (Phi) is 9.15. The van der Waals surface area contributed by atoms with Gasteiger partial charge in [0.05, 0.1) is 39.3 Å². The number of para-hydroxylation sites is 1. The number of aromatic amines is 1. The fraction of sp³-hybridized carbons (Fsp3) is 0.345. The van der Waals surface area contributed by atoms with Crippen LogP contribution in [0.1, 0.15) is 36.6 Å². The minimum atomic E-state index is -5.08. The first-order chi connectivity index (χ1) is 21.0. The number of nitrogens with one attached hydrogen (secondary N) is 3. The van der Waals surface area contributed by atoms with Gasteiger partial charge in [0.25, 0.3) is 5.56 Å². The number of pyridine rings is 2. The number of anilines is 3. The summed E-state index contributed by atoms with van der Waals surface area (Å²) in [5.74, 6) is -1.31. The van der Waals surface area contributed by atoms with Gasteiger partial charge in [-0.15, -0.1) is 11.3 Å². The molecule has 1 amide bonds. The summed E-state index contributed by atoms with van der Waals surface area (Å²) in [5.41, 5.74) is 2.35. The number of nitrogens with zero attached hydrogens (tertiary/aromatic N) is 2. The zero-order valence-electron chi connectivity index (χ0n) is 23.4. The zero-order chi connectivity index (χ0) is 31.4. The van der Waals surface area contributed by atoms with Gasteiger partial charge in [-0.2, -0.15) is 13.2 Å². The van der Waals surface area contributed by atoms with E-state index in [4.69, 9.17) is 24.4 Å². The molecule has 1 saturated carbocycles. The van der Waals surface area contributed by atoms with E-state index in [-0.39, 0.29) is 17.4 Å². The molecule has 0 atom stereocenters. The van der Waals surface area contributed by atoms with Crippen LogP contribution in [-0.2, 0) is 14.3 Å². The van der Waals surface area contributed by atoms with E-state index >= 15 is 0 Å². The van der Waals surface area contributed by atoms with Gasteiger partial charge in [-0.25, -0.2) is 14.8 Å². The third-order valence-corrected chi connectivity index (χ3v) is 8.21. The average molecular weight is 632 g/mol. The van der Waals surface area contributed by atoms with E-state index in [0.29, 0.717) is 39.8 Å². The monoisotopic (exact) mass is 631 g/mol. The minimum absolute atomic E-state index is 0.0373. The molecule has 1 saturated heterocycles. The molecule has 1 aromatic carbocycles. The quantitative estimate of drug-likeness (QED) is 0.202. The number of carbonyl (C=O) groups is 2. The van der Waals surface area contributed by atoms with E-state index in [1.807, 2.05) is 24.4 Å². The first-order valence-electron chi connectivity index (χ1n) is 13.7. The van der Waals surface area contributed by atoms with Gasteiger partial charge in [-0.05, 0) is 43.9 Å². The Morgan fingerprint density at radius 1 is 1.14 bits per heavy atom. The first kappa shape index (κ1) is 30.9. The molecular weight excluding hydrogens is 603 g/mol. The Morgan fingerprint density at radius 2 is 1.86 bits per heavy atom. The highest BCUT2D eigenvalue weighted by Gasteiger charge is 2.38. The van der Waals surface area contributed by atoms with E-state index in [1.54, 1.807) is 36.8 Å². The lowest BCUT2D eigenvalue weighted by Gasteiger charge is -2.19. The van der Waals surface area contributed by atoms with E-state index in [2.05, 4.69) is 20.6 Å². The highest BCUT2D eigenvalue weighted by Crippen LogP contribution is 2.42. The molecule has 6 rings (SSSR count). The lowest BCUT2D eigenvalue weighted by molar-refractivity contribution is -0.192. The fourth-order valence-electron chi connectivity index (χ4n) is 4.67. The number of thiazole rings is 1. The van der Waals surface area contributed by atoms with E-state index in [1.165, 1.54) is 0 Å². The fourth-order valence-corrected chi connectivity index (χ4v) is 5.78. The van der Waals surface area contributed by atoms with Crippen LogP contribution >= 0.6 is 11.3 Å². The van der Waals surface area contributed by atoms with E-state index < -0.39 is 12.1 Å². The molecule has 2 aliphatic rings. The van der Waals surface area contributed by atoms with Crippen molar-refractivity contribution in [3.8, 4) is 16.2 Å². The molecule has 11 nitrogen and oxygen atoms in total. The van der Waals surface area contributed by atoms with Gasteiger partial charge in [0, 0.05) is 49.1 Å². The number of benzene rings is 1. The number of hydrogen-bond acceptors (Lipinski definition) is 9. The number of alkyl halides is 3. The molecule has 232 valence electrons.